The monoisotopic (exact) mass is 336 g/mol. The van der Waals surface area contributed by atoms with Crippen molar-refractivity contribution < 1.29 is 19.2 Å². The van der Waals surface area contributed by atoms with Gasteiger partial charge in [0, 0.05) is 18.4 Å². The third kappa shape index (κ3) is 3.31. The van der Waals surface area contributed by atoms with Crippen molar-refractivity contribution in [2.75, 3.05) is 13.2 Å². The Morgan fingerprint density at radius 3 is 2.29 bits per heavy atom. The van der Waals surface area contributed by atoms with Gasteiger partial charge in [0.2, 0.25) is 5.91 Å². The first-order chi connectivity index (χ1) is 11.6. The molecule has 1 saturated heterocycles. The van der Waals surface area contributed by atoms with Crippen LogP contribution in [0.3, 0.4) is 0 Å². The van der Waals surface area contributed by atoms with Crippen molar-refractivity contribution in [3.63, 3.8) is 0 Å². The highest BCUT2D eigenvalue weighted by molar-refractivity contribution is 5.87. The predicted molar refractivity (Wildman–Crippen MR) is 86.4 cm³/mol. The van der Waals surface area contributed by atoms with Gasteiger partial charge in [0.15, 0.2) is 6.29 Å². The second kappa shape index (κ2) is 6.64. The smallest absolute Gasteiger partial charge is 0.263 e. The molecule has 5 rings (SSSR count). The summed E-state index contributed by atoms with van der Waals surface area (Å²) >= 11 is 0. The van der Waals surface area contributed by atoms with Crippen LogP contribution < -0.4 is 10.8 Å². The average molecular weight is 336 g/mol. The Hall–Kier alpha value is -1.14. The molecule has 5 fully saturated rings. The first-order valence-corrected chi connectivity index (χ1v) is 9.47. The van der Waals surface area contributed by atoms with Crippen molar-refractivity contribution in [1.82, 2.24) is 10.8 Å². The summed E-state index contributed by atoms with van der Waals surface area (Å²) in [7, 11) is 0. The van der Waals surface area contributed by atoms with E-state index in [1.807, 2.05) is 0 Å². The summed E-state index contributed by atoms with van der Waals surface area (Å²) in [6, 6.07) is 0. The van der Waals surface area contributed by atoms with Crippen molar-refractivity contribution in [2.24, 2.45) is 23.2 Å². The number of nitrogens with one attached hydrogen (secondary N) is 2. The molecule has 6 heteroatoms. The van der Waals surface area contributed by atoms with Gasteiger partial charge in [-0.05, 0) is 69.1 Å². The van der Waals surface area contributed by atoms with Crippen molar-refractivity contribution >= 4 is 11.8 Å². The first kappa shape index (κ1) is 16.3. The van der Waals surface area contributed by atoms with Crippen LogP contribution in [-0.4, -0.2) is 31.3 Å². The van der Waals surface area contributed by atoms with Crippen LogP contribution in [0.25, 0.3) is 0 Å². The number of hydrogen-bond acceptors (Lipinski definition) is 4. The Kier molecular flexibility index (Phi) is 4.52. The van der Waals surface area contributed by atoms with Crippen LogP contribution in [0.5, 0.6) is 0 Å². The Morgan fingerprint density at radius 1 is 1.04 bits per heavy atom. The number of amides is 2. The van der Waals surface area contributed by atoms with E-state index in [4.69, 9.17) is 9.57 Å². The van der Waals surface area contributed by atoms with Crippen LogP contribution in [0.4, 0.5) is 0 Å². The van der Waals surface area contributed by atoms with Crippen LogP contribution >= 0.6 is 0 Å². The third-order valence-corrected chi connectivity index (χ3v) is 6.37. The molecule has 0 radical (unpaired) electrons. The normalized spacial score (nSPS) is 40.3. The van der Waals surface area contributed by atoms with Crippen LogP contribution in [0.15, 0.2) is 0 Å². The van der Waals surface area contributed by atoms with E-state index in [1.54, 1.807) is 0 Å². The summed E-state index contributed by atoms with van der Waals surface area (Å²) in [5.41, 5.74) is 2.20. The topological polar surface area (TPSA) is 76.7 Å². The van der Waals surface area contributed by atoms with Gasteiger partial charge in [-0.15, -0.1) is 0 Å². The van der Waals surface area contributed by atoms with E-state index in [0.29, 0.717) is 6.61 Å². The van der Waals surface area contributed by atoms with Crippen LogP contribution in [-0.2, 0) is 19.2 Å². The lowest BCUT2D eigenvalue weighted by atomic mass is 9.49. The van der Waals surface area contributed by atoms with Gasteiger partial charge in [-0.3, -0.25) is 9.59 Å². The highest BCUT2D eigenvalue weighted by atomic mass is 16.8. The molecule has 134 valence electrons. The zero-order valence-corrected chi connectivity index (χ0v) is 14.2. The molecule has 0 aromatic carbocycles. The standard InChI is InChI=1S/C18H28N2O4/c21-15(20-24-16-3-1-2-4-23-16)11-19-17(22)18-8-12-5-13(9-18)7-14(6-12)10-18/h12-14,16H,1-11H2,(H,19,22)(H,20,21). The lowest BCUT2D eigenvalue weighted by molar-refractivity contribution is -0.200. The molecule has 4 saturated carbocycles. The summed E-state index contributed by atoms with van der Waals surface area (Å²) in [6.07, 6.45) is 9.48. The van der Waals surface area contributed by atoms with E-state index in [0.717, 1.165) is 56.3 Å². The van der Waals surface area contributed by atoms with Gasteiger partial charge in [-0.2, -0.15) is 0 Å². The zero-order chi connectivity index (χ0) is 16.6. The van der Waals surface area contributed by atoms with Crippen LogP contribution in [0, 0.1) is 23.2 Å². The first-order valence-electron chi connectivity index (χ1n) is 9.47. The minimum atomic E-state index is -0.360. The Balaban J connectivity index is 1.24. The molecule has 2 N–H and O–H groups in total. The molecule has 1 heterocycles. The van der Waals surface area contributed by atoms with Gasteiger partial charge < -0.3 is 10.1 Å². The molecule has 0 spiro atoms. The SMILES string of the molecule is O=C(CNC(=O)C12CC3CC(CC(C3)C1)C2)NOC1CCCCO1. The molecule has 4 aliphatic carbocycles. The third-order valence-electron chi connectivity index (χ3n) is 6.37. The quantitative estimate of drug-likeness (QED) is 0.752. The van der Waals surface area contributed by atoms with Gasteiger partial charge in [0.25, 0.3) is 5.91 Å². The molecule has 1 unspecified atom stereocenters. The number of hydrogen-bond donors (Lipinski definition) is 2. The van der Waals surface area contributed by atoms with E-state index >= 15 is 0 Å². The largest absolute Gasteiger partial charge is 0.350 e. The molecule has 0 aromatic rings. The van der Waals surface area contributed by atoms with E-state index in [1.165, 1.54) is 19.3 Å². The second-order valence-corrected chi connectivity index (χ2v) is 8.32. The van der Waals surface area contributed by atoms with Crippen molar-refractivity contribution in [3.05, 3.63) is 0 Å². The number of ether oxygens (including phenoxy) is 1. The lowest BCUT2D eigenvalue weighted by Crippen LogP contribution is -2.54. The number of carbonyl (C=O) groups is 2. The summed E-state index contributed by atoms with van der Waals surface area (Å²) in [4.78, 5) is 29.9. The van der Waals surface area contributed by atoms with E-state index in [-0.39, 0.29) is 30.1 Å². The Bertz CT molecular complexity index is 466. The Morgan fingerprint density at radius 2 is 1.71 bits per heavy atom. The van der Waals surface area contributed by atoms with Gasteiger partial charge in [0.1, 0.15) is 0 Å². The van der Waals surface area contributed by atoms with Gasteiger partial charge >= 0.3 is 0 Å². The average Bonchev–Trinajstić information content (AvgIpc) is 2.57. The molecular formula is C18H28N2O4. The van der Waals surface area contributed by atoms with E-state index in [2.05, 4.69) is 10.8 Å². The molecule has 1 atom stereocenters. The van der Waals surface area contributed by atoms with E-state index < -0.39 is 0 Å². The van der Waals surface area contributed by atoms with Crippen molar-refractivity contribution in [3.8, 4) is 0 Å². The fraction of sp³-hybridized carbons (Fsp3) is 0.889. The summed E-state index contributed by atoms with van der Waals surface area (Å²) < 4.78 is 5.39. The highest BCUT2D eigenvalue weighted by Gasteiger charge is 2.54. The molecule has 5 aliphatic rings. The number of carbonyl (C=O) groups excluding carboxylic acids is 2. The summed E-state index contributed by atoms with van der Waals surface area (Å²) in [5.74, 6) is 1.93. The summed E-state index contributed by atoms with van der Waals surface area (Å²) in [6.45, 7) is 0.649. The molecule has 0 aromatic heterocycles. The van der Waals surface area contributed by atoms with Crippen LogP contribution in [0.2, 0.25) is 0 Å². The molecule has 6 nitrogen and oxygen atoms in total. The van der Waals surface area contributed by atoms with Gasteiger partial charge in [-0.25, -0.2) is 10.3 Å². The van der Waals surface area contributed by atoms with Gasteiger partial charge in [-0.1, -0.05) is 0 Å². The Labute approximate surface area is 143 Å². The fourth-order valence-electron chi connectivity index (χ4n) is 5.71. The molecule has 2 amide bonds. The second-order valence-electron chi connectivity index (χ2n) is 8.32. The molecular weight excluding hydrogens is 308 g/mol. The zero-order valence-electron chi connectivity index (χ0n) is 14.2. The minimum absolute atomic E-state index is 0.0205. The molecule has 1 aliphatic heterocycles. The molecule has 24 heavy (non-hydrogen) atoms. The molecule has 4 bridgehead atoms. The maximum atomic E-state index is 12.8. The van der Waals surface area contributed by atoms with Crippen molar-refractivity contribution in [2.45, 2.75) is 64.1 Å². The maximum Gasteiger partial charge on any atom is 0.263 e. The minimum Gasteiger partial charge on any atom is -0.350 e. The van der Waals surface area contributed by atoms with Crippen molar-refractivity contribution in [1.29, 1.82) is 0 Å². The van der Waals surface area contributed by atoms with E-state index in [9.17, 15) is 9.59 Å². The summed E-state index contributed by atoms with van der Waals surface area (Å²) in [5, 5.41) is 2.86. The van der Waals surface area contributed by atoms with Gasteiger partial charge in [0.05, 0.1) is 6.54 Å². The number of rotatable bonds is 5. The number of hydroxylamine groups is 1. The fourth-order valence-corrected chi connectivity index (χ4v) is 5.71. The highest BCUT2D eigenvalue weighted by Crippen LogP contribution is 2.60. The predicted octanol–water partition coefficient (Wildman–Crippen LogP) is 1.89. The van der Waals surface area contributed by atoms with Crippen LogP contribution in [0.1, 0.15) is 57.8 Å². The lowest BCUT2D eigenvalue weighted by Gasteiger charge is -2.55. The maximum absolute atomic E-state index is 12.8.